The zero-order chi connectivity index (χ0) is 18.7. The summed E-state index contributed by atoms with van der Waals surface area (Å²) in [7, 11) is 0. The van der Waals surface area contributed by atoms with E-state index in [2.05, 4.69) is 21.5 Å². The zero-order valence-corrected chi connectivity index (χ0v) is 17.9. The number of nitrogens with zero attached hydrogens (tertiary/aromatic N) is 3. The average Bonchev–Trinajstić information content (AvgIpc) is 3.07. The first kappa shape index (κ1) is 18.7. The van der Waals surface area contributed by atoms with Crippen LogP contribution in [-0.2, 0) is 19.4 Å². The summed E-state index contributed by atoms with van der Waals surface area (Å²) in [6.07, 6.45) is 1.60. The Morgan fingerprint density at radius 1 is 1.15 bits per heavy atom. The molecule has 2 heterocycles. The predicted molar refractivity (Wildman–Crippen MR) is 103 cm³/mol. The topological polar surface area (TPSA) is 80.5 Å². The first-order chi connectivity index (χ1) is 12.5. The number of rotatable bonds is 5. The summed E-state index contributed by atoms with van der Waals surface area (Å²) in [4.78, 5) is 16.2. The minimum absolute atomic E-state index is 0.179. The SMILES string of the molecule is C=C(Cl)/C(=C(/Cl)[CH]=[W])c1nc(-c2ccccc2)c(-c2ccnc(N)n2)[nH]1. The number of allylic oxidation sites excluding steroid dienone is 3. The van der Waals surface area contributed by atoms with Gasteiger partial charge in [0.1, 0.15) is 0 Å². The van der Waals surface area contributed by atoms with Gasteiger partial charge in [-0.3, -0.25) is 0 Å². The van der Waals surface area contributed by atoms with Crippen LogP contribution in [0.25, 0.3) is 28.2 Å². The number of H-pyrrole nitrogens is 1. The molecule has 3 rings (SSSR count). The van der Waals surface area contributed by atoms with Gasteiger partial charge in [-0.1, -0.05) is 0 Å². The van der Waals surface area contributed by atoms with Crippen LogP contribution in [0.2, 0.25) is 0 Å². The molecule has 0 atom stereocenters. The summed E-state index contributed by atoms with van der Waals surface area (Å²) >= 11 is 13.7. The molecule has 0 bridgehead atoms. The number of anilines is 1. The first-order valence-electron chi connectivity index (χ1n) is 7.45. The van der Waals surface area contributed by atoms with Gasteiger partial charge in [-0.25, -0.2) is 0 Å². The fraction of sp³-hybridized carbons (Fsp3) is 0. The van der Waals surface area contributed by atoms with Gasteiger partial charge in [0.25, 0.3) is 0 Å². The molecule has 2 aromatic heterocycles. The number of hydrogen-bond donors (Lipinski definition) is 2. The van der Waals surface area contributed by atoms with Gasteiger partial charge in [-0.05, 0) is 0 Å². The molecule has 130 valence electrons. The first-order valence-corrected chi connectivity index (χ1v) is 9.90. The molecule has 0 saturated carbocycles. The normalized spacial score (nSPS) is 11.8. The second-order valence-electron chi connectivity index (χ2n) is 5.22. The standard InChI is InChI=1S/C18H13Cl2N5.W/c1-10(19)14(11(2)20)17-24-15(12-6-4-3-5-7-12)16(25-17)13-8-9-22-18(21)23-13;/h1,3-9H,2H2,(H,24,25)(H2,21,22,23);/b14-10-;. The molecule has 0 radical (unpaired) electrons. The summed E-state index contributed by atoms with van der Waals surface area (Å²) < 4.78 is 1.82. The van der Waals surface area contributed by atoms with Crippen LogP contribution in [0.5, 0.6) is 0 Å². The number of halogens is 2. The van der Waals surface area contributed by atoms with E-state index < -0.39 is 0 Å². The van der Waals surface area contributed by atoms with E-state index in [9.17, 15) is 0 Å². The van der Waals surface area contributed by atoms with Crippen LogP contribution in [-0.4, -0.2) is 24.3 Å². The van der Waals surface area contributed by atoms with E-state index in [1.165, 1.54) is 19.4 Å². The van der Waals surface area contributed by atoms with E-state index in [4.69, 9.17) is 33.9 Å². The second-order valence-corrected chi connectivity index (χ2v) is 6.93. The van der Waals surface area contributed by atoms with Crippen molar-refractivity contribution in [1.82, 2.24) is 19.9 Å². The van der Waals surface area contributed by atoms with E-state index in [0.717, 1.165) is 5.56 Å². The number of nitrogen functional groups attached to an aromatic ring is 1. The summed E-state index contributed by atoms with van der Waals surface area (Å²) in [6.45, 7) is 3.81. The molecular weight excluding hydrogens is 541 g/mol. The Hall–Kier alpha value is -2.07. The summed E-state index contributed by atoms with van der Waals surface area (Å²) in [5.41, 5.74) is 9.25. The monoisotopic (exact) mass is 553 g/mol. The minimum atomic E-state index is 0.179. The second kappa shape index (κ2) is 8.08. The third-order valence-corrected chi connectivity index (χ3v) is 5.38. The maximum atomic E-state index is 6.33. The number of hydrogen-bond acceptors (Lipinski definition) is 4. The Labute approximate surface area is 171 Å². The molecule has 0 aliphatic heterocycles. The van der Waals surface area contributed by atoms with Gasteiger partial charge in [-0.2, -0.15) is 0 Å². The number of imidazole rings is 1. The van der Waals surface area contributed by atoms with Crippen molar-refractivity contribution in [2.45, 2.75) is 0 Å². The van der Waals surface area contributed by atoms with Crippen LogP contribution in [0.3, 0.4) is 0 Å². The van der Waals surface area contributed by atoms with Crippen LogP contribution >= 0.6 is 23.2 Å². The van der Waals surface area contributed by atoms with Crippen molar-refractivity contribution in [2.75, 3.05) is 5.73 Å². The molecule has 26 heavy (non-hydrogen) atoms. The Morgan fingerprint density at radius 3 is 2.50 bits per heavy atom. The molecule has 0 aliphatic carbocycles. The summed E-state index contributed by atoms with van der Waals surface area (Å²) in [5.74, 6) is 0.692. The molecule has 0 amide bonds. The van der Waals surface area contributed by atoms with Crippen molar-refractivity contribution in [3.05, 3.63) is 65.1 Å². The van der Waals surface area contributed by atoms with Gasteiger partial charge < -0.3 is 0 Å². The van der Waals surface area contributed by atoms with Gasteiger partial charge in [0.2, 0.25) is 0 Å². The van der Waals surface area contributed by atoms with Crippen molar-refractivity contribution >= 4 is 39.1 Å². The number of benzene rings is 1. The van der Waals surface area contributed by atoms with Gasteiger partial charge >= 0.3 is 172 Å². The van der Waals surface area contributed by atoms with E-state index in [1.54, 1.807) is 12.3 Å². The molecule has 8 heteroatoms. The Kier molecular flexibility index (Phi) is 5.82. The van der Waals surface area contributed by atoms with Crippen LogP contribution < -0.4 is 5.73 Å². The van der Waals surface area contributed by atoms with Crippen molar-refractivity contribution in [3.63, 3.8) is 0 Å². The van der Waals surface area contributed by atoms with Crippen molar-refractivity contribution in [2.24, 2.45) is 0 Å². The average molecular weight is 554 g/mol. The van der Waals surface area contributed by atoms with Crippen LogP contribution in [0, 0.1) is 0 Å². The number of nitrogens with two attached hydrogens (primary N) is 1. The van der Waals surface area contributed by atoms with Crippen molar-refractivity contribution in [1.29, 1.82) is 0 Å². The third-order valence-electron chi connectivity index (χ3n) is 3.53. The van der Waals surface area contributed by atoms with E-state index in [1.807, 2.05) is 34.7 Å². The molecule has 3 N–H and O–H groups in total. The molecule has 0 saturated heterocycles. The number of aromatic nitrogens is 4. The van der Waals surface area contributed by atoms with Crippen molar-refractivity contribution < 1.29 is 19.4 Å². The molecule has 3 aromatic rings. The van der Waals surface area contributed by atoms with E-state index >= 15 is 0 Å². The molecule has 5 nitrogen and oxygen atoms in total. The molecule has 0 unspecified atom stereocenters. The molecule has 1 aromatic carbocycles. The predicted octanol–water partition coefficient (Wildman–Crippen LogP) is 4.17. The quantitative estimate of drug-likeness (QED) is 0.465. The van der Waals surface area contributed by atoms with Crippen LogP contribution in [0.15, 0.2) is 59.2 Å². The summed E-state index contributed by atoms with van der Waals surface area (Å²) in [5, 5.41) is 0.789. The van der Waals surface area contributed by atoms with Crippen LogP contribution in [0.1, 0.15) is 5.82 Å². The Bertz CT molecular complexity index is 1010. The fourth-order valence-electron chi connectivity index (χ4n) is 2.43. The molecule has 0 spiro atoms. The molecular formula is C18H13Cl2N5W. The molecule has 0 aliphatic rings. The van der Waals surface area contributed by atoms with Crippen molar-refractivity contribution in [3.8, 4) is 22.6 Å². The fourth-order valence-corrected chi connectivity index (χ4v) is 3.29. The number of nitrogens with one attached hydrogen (secondary N) is 1. The van der Waals surface area contributed by atoms with Crippen LogP contribution in [0.4, 0.5) is 5.95 Å². The Balaban J connectivity index is 2.28. The van der Waals surface area contributed by atoms with Gasteiger partial charge in [-0.15, -0.1) is 0 Å². The van der Waals surface area contributed by atoms with E-state index in [0.29, 0.717) is 38.5 Å². The van der Waals surface area contributed by atoms with Gasteiger partial charge in [0.15, 0.2) is 0 Å². The zero-order valence-electron chi connectivity index (χ0n) is 13.4. The van der Waals surface area contributed by atoms with Gasteiger partial charge in [0.05, 0.1) is 0 Å². The maximum absolute atomic E-state index is 6.33. The molecule has 0 fully saturated rings. The van der Waals surface area contributed by atoms with E-state index in [-0.39, 0.29) is 5.95 Å². The third kappa shape index (κ3) is 3.85. The Morgan fingerprint density at radius 2 is 1.88 bits per heavy atom. The van der Waals surface area contributed by atoms with Gasteiger partial charge in [0, 0.05) is 0 Å². The number of aromatic amines is 1. The summed E-state index contributed by atoms with van der Waals surface area (Å²) in [6, 6.07) is 11.5.